The van der Waals surface area contributed by atoms with Crippen molar-refractivity contribution in [2.24, 2.45) is 10.9 Å². The summed E-state index contributed by atoms with van der Waals surface area (Å²) in [5, 5.41) is 8.86. The highest BCUT2D eigenvalue weighted by Gasteiger charge is 2.22. The van der Waals surface area contributed by atoms with Gasteiger partial charge in [0, 0.05) is 50.0 Å². The summed E-state index contributed by atoms with van der Waals surface area (Å²) >= 11 is 1.76. The van der Waals surface area contributed by atoms with Gasteiger partial charge in [-0.15, -0.1) is 35.3 Å². The second-order valence-electron chi connectivity index (χ2n) is 7.28. The van der Waals surface area contributed by atoms with Crippen LogP contribution in [0.3, 0.4) is 0 Å². The second kappa shape index (κ2) is 11.1. The lowest BCUT2D eigenvalue weighted by Gasteiger charge is -2.25. The van der Waals surface area contributed by atoms with E-state index in [4.69, 9.17) is 4.74 Å². The maximum Gasteiger partial charge on any atom is 0.243 e. The van der Waals surface area contributed by atoms with Crippen molar-refractivity contribution in [3.63, 3.8) is 0 Å². The van der Waals surface area contributed by atoms with E-state index in [1.54, 1.807) is 30.3 Å². The number of aliphatic imine (C=N–C) groups is 1. The summed E-state index contributed by atoms with van der Waals surface area (Å²) in [5.41, 5.74) is -0.00135. The van der Waals surface area contributed by atoms with E-state index in [9.17, 15) is 4.79 Å². The topological polar surface area (TPSA) is 66.0 Å². The SMILES string of the molecule is CN(C)C(=O)CN=C(NCC1CCOC1)NCC(C)(C)c1cccs1.I. The lowest BCUT2D eigenvalue weighted by atomic mass is 9.91. The van der Waals surface area contributed by atoms with Gasteiger partial charge in [0.05, 0.1) is 6.61 Å². The Bertz CT molecular complexity index is 570. The van der Waals surface area contributed by atoms with Crippen molar-refractivity contribution < 1.29 is 9.53 Å². The van der Waals surface area contributed by atoms with Crippen LogP contribution in [-0.4, -0.2) is 63.7 Å². The zero-order valence-corrected chi connectivity index (χ0v) is 19.2. The van der Waals surface area contributed by atoms with Crippen molar-refractivity contribution >= 4 is 47.2 Å². The summed E-state index contributed by atoms with van der Waals surface area (Å²) in [6.45, 7) is 7.73. The highest BCUT2D eigenvalue weighted by molar-refractivity contribution is 14.0. The van der Waals surface area contributed by atoms with Crippen LogP contribution < -0.4 is 10.6 Å². The molecular formula is C18H31IN4O2S. The normalized spacial score (nSPS) is 17.5. The van der Waals surface area contributed by atoms with E-state index in [1.165, 1.54) is 4.88 Å². The molecule has 1 fully saturated rings. The smallest absolute Gasteiger partial charge is 0.243 e. The van der Waals surface area contributed by atoms with Crippen molar-refractivity contribution in [2.45, 2.75) is 25.7 Å². The molecule has 0 bridgehead atoms. The van der Waals surface area contributed by atoms with E-state index in [2.05, 4.69) is 47.0 Å². The van der Waals surface area contributed by atoms with Crippen molar-refractivity contribution in [2.75, 3.05) is 46.9 Å². The quantitative estimate of drug-likeness (QED) is 0.347. The predicted octanol–water partition coefficient (Wildman–Crippen LogP) is 2.30. The van der Waals surface area contributed by atoms with Gasteiger partial charge in [0.1, 0.15) is 6.54 Å². The zero-order valence-electron chi connectivity index (χ0n) is 16.1. The Hall–Kier alpha value is -0.870. The number of likely N-dealkylation sites (N-methyl/N-ethyl adjacent to an activating group) is 1. The molecule has 26 heavy (non-hydrogen) atoms. The molecule has 0 radical (unpaired) electrons. The Labute approximate surface area is 177 Å². The standard InChI is InChI=1S/C18H30N4O2S.HI/c1-18(2,15-6-5-9-25-15)13-21-17(20-11-16(23)22(3)4)19-10-14-7-8-24-12-14;/h5-6,9,14H,7-8,10-13H2,1-4H3,(H2,19,20,21);1H. The van der Waals surface area contributed by atoms with Gasteiger partial charge in [0.15, 0.2) is 5.96 Å². The van der Waals surface area contributed by atoms with Crippen molar-refractivity contribution in [3.05, 3.63) is 22.4 Å². The molecule has 2 heterocycles. The van der Waals surface area contributed by atoms with Crippen LogP contribution >= 0.6 is 35.3 Å². The van der Waals surface area contributed by atoms with Crippen LogP contribution in [0, 0.1) is 5.92 Å². The summed E-state index contributed by atoms with van der Waals surface area (Å²) in [6, 6.07) is 4.23. The van der Waals surface area contributed by atoms with Gasteiger partial charge >= 0.3 is 0 Å². The fourth-order valence-corrected chi connectivity index (χ4v) is 3.36. The number of carbonyl (C=O) groups is 1. The van der Waals surface area contributed by atoms with Crippen molar-refractivity contribution in [1.82, 2.24) is 15.5 Å². The number of hydrogen-bond acceptors (Lipinski definition) is 4. The molecule has 0 aromatic carbocycles. The molecule has 1 unspecified atom stereocenters. The lowest BCUT2D eigenvalue weighted by molar-refractivity contribution is -0.127. The Kier molecular flexibility index (Phi) is 9.88. The largest absolute Gasteiger partial charge is 0.381 e. The second-order valence-corrected chi connectivity index (χ2v) is 8.23. The maximum atomic E-state index is 11.8. The summed E-state index contributed by atoms with van der Waals surface area (Å²) < 4.78 is 5.42. The molecule has 1 aliphatic heterocycles. The molecule has 6 nitrogen and oxygen atoms in total. The monoisotopic (exact) mass is 494 g/mol. The number of nitrogens with zero attached hydrogens (tertiary/aromatic N) is 2. The third-order valence-corrected chi connectivity index (χ3v) is 5.58. The molecule has 1 atom stereocenters. The minimum absolute atomic E-state index is 0. The average molecular weight is 494 g/mol. The van der Waals surface area contributed by atoms with E-state index >= 15 is 0 Å². The first-order chi connectivity index (χ1) is 11.9. The molecule has 2 N–H and O–H groups in total. The Morgan fingerprint density at radius 3 is 2.77 bits per heavy atom. The number of carbonyl (C=O) groups excluding carboxylic acids is 1. The number of amides is 1. The number of rotatable bonds is 7. The van der Waals surface area contributed by atoms with Crippen LogP contribution in [0.2, 0.25) is 0 Å². The molecule has 0 spiro atoms. The fraction of sp³-hybridized carbons (Fsp3) is 0.667. The molecule has 0 saturated carbocycles. The number of nitrogens with one attached hydrogen (secondary N) is 2. The highest BCUT2D eigenvalue weighted by Crippen LogP contribution is 2.26. The summed E-state index contributed by atoms with van der Waals surface area (Å²) in [4.78, 5) is 19.2. The minimum atomic E-state index is -0.0113. The van der Waals surface area contributed by atoms with Gasteiger partial charge in [0.25, 0.3) is 0 Å². The van der Waals surface area contributed by atoms with Gasteiger partial charge in [-0.2, -0.15) is 0 Å². The van der Waals surface area contributed by atoms with Crippen LogP contribution in [0.25, 0.3) is 0 Å². The molecule has 8 heteroatoms. The number of thiophene rings is 1. The number of halogens is 1. The predicted molar refractivity (Wildman–Crippen MR) is 119 cm³/mol. The summed E-state index contributed by atoms with van der Waals surface area (Å²) in [7, 11) is 3.49. The van der Waals surface area contributed by atoms with E-state index in [1.807, 2.05) is 0 Å². The molecule has 1 amide bonds. The molecule has 148 valence electrons. The summed E-state index contributed by atoms with van der Waals surface area (Å²) in [5.74, 6) is 1.18. The van der Waals surface area contributed by atoms with Gasteiger partial charge < -0.3 is 20.3 Å². The zero-order chi connectivity index (χ0) is 18.3. The third-order valence-electron chi connectivity index (χ3n) is 4.34. The lowest BCUT2D eigenvalue weighted by Crippen LogP contribution is -2.45. The molecule has 1 saturated heterocycles. The van der Waals surface area contributed by atoms with Gasteiger partial charge in [-0.25, -0.2) is 4.99 Å². The first-order valence-electron chi connectivity index (χ1n) is 8.72. The van der Waals surface area contributed by atoms with E-state index in [0.29, 0.717) is 11.9 Å². The summed E-state index contributed by atoms with van der Waals surface area (Å²) in [6.07, 6.45) is 1.07. The van der Waals surface area contributed by atoms with Crippen molar-refractivity contribution in [1.29, 1.82) is 0 Å². The molecule has 1 aromatic rings. The number of ether oxygens (including phenoxy) is 1. The first kappa shape index (κ1) is 23.2. The van der Waals surface area contributed by atoms with E-state index in [0.717, 1.165) is 32.7 Å². The Morgan fingerprint density at radius 1 is 1.42 bits per heavy atom. The first-order valence-corrected chi connectivity index (χ1v) is 9.60. The van der Waals surface area contributed by atoms with Crippen LogP contribution in [0.5, 0.6) is 0 Å². The van der Waals surface area contributed by atoms with Gasteiger partial charge in [-0.1, -0.05) is 19.9 Å². The maximum absolute atomic E-state index is 11.8. The average Bonchev–Trinajstić information content (AvgIpc) is 3.27. The van der Waals surface area contributed by atoms with Crippen LogP contribution in [0.1, 0.15) is 25.1 Å². The molecule has 1 aromatic heterocycles. The Balaban J connectivity index is 0.00000338. The number of hydrogen-bond donors (Lipinski definition) is 2. The van der Waals surface area contributed by atoms with Gasteiger partial charge in [-0.3, -0.25) is 4.79 Å². The van der Waals surface area contributed by atoms with Crippen LogP contribution in [-0.2, 0) is 14.9 Å². The van der Waals surface area contributed by atoms with Crippen LogP contribution in [0.15, 0.2) is 22.5 Å². The van der Waals surface area contributed by atoms with E-state index in [-0.39, 0.29) is 41.8 Å². The number of guanidine groups is 1. The highest BCUT2D eigenvalue weighted by atomic mass is 127. The van der Waals surface area contributed by atoms with Crippen LogP contribution in [0.4, 0.5) is 0 Å². The molecule has 2 rings (SSSR count). The Morgan fingerprint density at radius 2 is 2.19 bits per heavy atom. The molecule has 0 aliphatic carbocycles. The molecule has 1 aliphatic rings. The van der Waals surface area contributed by atoms with Gasteiger partial charge in [-0.05, 0) is 17.9 Å². The minimum Gasteiger partial charge on any atom is -0.381 e. The van der Waals surface area contributed by atoms with Crippen molar-refractivity contribution in [3.8, 4) is 0 Å². The molecular weight excluding hydrogens is 463 g/mol. The van der Waals surface area contributed by atoms with Gasteiger partial charge in [0.2, 0.25) is 5.91 Å². The fourth-order valence-electron chi connectivity index (χ4n) is 2.50. The van der Waals surface area contributed by atoms with E-state index < -0.39 is 0 Å². The third kappa shape index (κ3) is 7.40.